The highest BCUT2D eigenvalue weighted by Crippen LogP contribution is 2.72. The average Bonchev–Trinajstić information content (AvgIpc) is 3.46. The van der Waals surface area contributed by atoms with E-state index < -0.39 is 23.1 Å². The van der Waals surface area contributed by atoms with Crippen LogP contribution in [0, 0.1) is 17.0 Å². The molecule has 1 unspecified atom stereocenters. The van der Waals surface area contributed by atoms with Gasteiger partial charge in [0.1, 0.15) is 23.5 Å². The lowest BCUT2D eigenvalue weighted by molar-refractivity contribution is -0.233. The minimum Gasteiger partial charge on any atom is -0.489 e. The van der Waals surface area contributed by atoms with E-state index in [1.165, 1.54) is 12.1 Å². The van der Waals surface area contributed by atoms with Gasteiger partial charge in [-0.3, -0.25) is 19.0 Å². The molecule has 5 aliphatic rings. The molecule has 9 heteroatoms. The standard InChI is InChI=1S/C31H35F3N4O2/c1-18-11-22-21-5-2-3-6-25(21)36-27(22)28(38(18)31-15-30(16-31,17-31)29(35)39)26-23(33)12-20(13-24(26)34)40-19-7-10-37(14-19)9-4-8-32/h2-3,5-6,12-13,18-19,28,36H,4,7-11,14-17H2,1H3,(H2,35,39)/t18-,19?,28-,30?,31?/m0/s1. The maximum atomic E-state index is 16.1. The van der Waals surface area contributed by atoms with Crippen LogP contribution in [0.25, 0.3) is 10.9 Å². The molecule has 6 nitrogen and oxygen atoms in total. The summed E-state index contributed by atoms with van der Waals surface area (Å²) in [6.45, 7) is 3.79. The second-order valence-electron chi connectivity index (χ2n) is 12.5. The Hall–Kier alpha value is -3.04. The highest BCUT2D eigenvalue weighted by atomic mass is 19.1. The van der Waals surface area contributed by atoms with Gasteiger partial charge in [0.2, 0.25) is 5.91 Å². The third-order valence-corrected chi connectivity index (χ3v) is 9.91. The van der Waals surface area contributed by atoms with Crippen LogP contribution in [0.4, 0.5) is 13.2 Å². The van der Waals surface area contributed by atoms with Gasteiger partial charge in [0.25, 0.3) is 0 Å². The molecule has 1 aromatic heterocycles. The molecular formula is C31H35F3N4O2. The maximum Gasteiger partial charge on any atom is 0.223 e. The largest absolute Gasteiger partial charge is 0.489 e. The summed E-state index contributed by atoms with van der Waals surface area (Å²) in [7, 11) is 0. The molecular weight excluding hydrogens is 517 g/mol. The molecule has 8 rings (SSSR count). The summed E-state index contributed by atoms with van der Waals surface area (Å²) >= 11 is 0. The van der Waals surface area contributed by atoms with Crippen molar-refractivity contribution >= 4 is 16.8 Å². The molecule has 0 radical (unpaired) electrons. The second-order valence-corrected chi connectivity index (χ2v) is 12.5. The van der Waals surface area contributed by atoms with Crippen LogP contribution in [0.1, 0.15) is 61.9 Å². The summed E-state index contributed by atoms with van der Waals surface area (Å²) in [4.78, 5) is 20.0. The quantitative estimate of drug-likeness (QED) is 0.413. The number of fused-ring (bicyclic) bond motifs is 3. The van der Waals surface area contributed by atoms with Crippen molar-refractivity contribution in [2.24, 2.45) is 11.1 Å². The number of H-pyrrole nitrogens is 1. The number of aromatic amines is 1. The van der Waals surface area contributed by atoms with Gasteiger partial charge in [-0.1, -0.05) is 18.2 Å². The van der Waals surface area contributed by atoms with Crippen LogP contribution in [0.5, 0.6) is 5.75 Å². The van der Waals surface area contributed by atoms with Crippen molar-refractivity contribution in [3.05, 3.63) is 64.9 Å². The zero-order valence-electron chi connectivity index (χ0n) is 22.7. The lowest BCUT2D eigenvalue weighted by atomic mass is 9.38. The number of likely N-dealkylation sites (tertiary alicyclic amines) is 1. The topological polar surface area (TPSA) is 74.6 Å². The predicted octanol–water partition coefficient (Wildman–Crippen LogP) is 5.00. The molecule has 1 saturated heterocycles. The number of nitrogens with two attached hydrogens (primary N) is 1. The lowest BCUT2D eigenvalue weighted by Crippen LogP contribution is -2.79. The summed E-state index contributed by atoms with van der Waals surface area (Å²) in [5, 5.41) is 1.07. The van der Waals surface area contributed by atoms with Gasteiger partial charge >= 0.3 is 0 Å². The Morgan fingerprint density at radius 3 is 2.60 bits per heavy atom. The lowest BCUT2D eigenvalue weighted by Gasteiger charge is -2.74. The van der Waals surface area contributed by atoms with E-state index in [2.05, 4.69) is 27.8 Å². The van der Waals surface area contributed by atoms with Crippen LogP contribution in [-0.4, -0.2) is 64.7 Å². The first-order valence-electron chi connectivity index (χ1n) is 14.4. The van der Waals surface area contributed by atoms with Gasteiger partial charge < -0.3 is 15.5 Å². The number of alkyl halides is 1. The van der Waals surface area contributed by atoms with Crippen molar-refractivity contribution < 1.29 is 22.7 Å². The number of carbonyl (C=O) groups excluding carboxylic acids is 1. The molecule has 212 valence electrons. The van der Waals surface area contributed by atoms with Crippen LogP contribution >= 0.6 is 0 Å². The predicted molar refractivity (Wildman–Crippen MR) is 146 cm³/mol. The van der Waals surface area contributed by atoms with Crippen LogP contribution in [-0.2, 0) is 11.2 Å². The Morgan fingerprint density at radius 1 is 1.18 bits per heavy atom. The van der Waals surface area contributed by atoms with Gasteiger partial charge in [-0.05, 0) is 57.1 Å². The molecule has 3 heterocycles. The number of hydrogen-bond acceptors (Lipinski definition) is 4. The van der Waals surface area contributed by atoms with Crippen molar-refractivity contribution in [1.29, 1.82) is 0 Å². The number of hydrogen-bond donors (Lipinski definition) is 2. The van der Waals surface area contributed by atoms with Gasteiger partial charge in [0.05, 0.1) is 18.1 Å². The van der Waals surface area contributed by atoms with Gasteiger partial charge in [0.15, 0.2) is 0 Å². The van der Waals surface area contributed by atoms with E-state index in [0.717, 1.165) is 41.5 Å². The molecule has 0 spiro atoms. The number of amides is 1. The Balaban J connectivity index is 1.25. The average molecular weight is 553 g/mol. The highest BCUT2D eigenvalue weighted by Gasteiger charge is 2.74. The van der Waals surface area contributed by atoms with Crippen molar-refractivity contribution in [2.45, 2.75) is 69.2 Å². The first kappa shape index (κ1) is 25.9. The third kappa shape index (κ3) is 3.80. The molecule has 3 aromatic rings. The molecule has 4 fully saturated rings. The first-order valence-corrected chi connectivity index (χ1v) is 14.4. The fourth-order valence-electron chi connectivity index (χ4n) is 8.22. The van der Waals surface area contributed by atoms with E-state index in [1.807, 2.05) is 18.2 Å². The van der Waals surface area contributed by atoms with Crippen molar-refractivity contribution in [1.82, 2.24) is 14.8 Å². The monoisotopic (exact) mass is 552 g/mol. The van der Waals surface area contributed by atoms with Gasteiger partial charge in [-0.2, -0.15) is 0 Å². The SMILES string of the molecule is C[C@H]1Cc2c([nH]c3ccccc23)[C@H](c2c(F)cc(OC3CCN(CCCF)C3)cc2F)N1C12CC(C(N)=O)(C1)C2. The number of benzene rings is 2. The van der Waals surface area contributed by atoms with Crippen LogP contribution in [0.15, 0.2) is 36.4 Å². The summed E-state index contributed by atoms with van der Waals surface area (Å²) in [5.74, 6) is -1.41. The number of para-hydroxylation sites is 1. The third-order valence-electron chi connectivity index (χ3n) is 9.91. The molecule has 3 aliphatic carbocycles. The van der Waals surface area contributed by atoms with E-state index in [4.69, 9.17) is 10.5 Å². The molecule has 2 aliphatic heterocycles. The maximum absolute atomic E-state index is 16.1. The van der Waals surface area contributed by atoms with E-state index in [-0.39, 0.29) is 41.6 Å². The molecule has 3 atom stereocenters. The number of nitrogens with one attached hydrogen (secondary N) is 1. The zero-order valence-corrected chi connectivity index (χ0v) is 22.7. The number of nitrogens with zero attached hydrogens (tertiary/aromatic N) is 2. The number of aromatic nitrogens is 1. The summed E-state index contributed by atoms with van der Waals surface area (Å²) in [6, 6.07) is 9.91. The summed E-state index contributed by atoms with van der Waals surface area (Å²) < 4.78 is 50.8. The Labute approximate surface area is 231 Å². The number of ether oxygens (including phenoxy) is 1. The van der Waals surface area contributed by atoms with Crippen LogP contribution in [0.3, 0.4) is 0 Å². The number of carbonyl (C=O) groups is 1. The fourth-order valence-corrected chi connectivity index (χ4v) is 8.22. The molecule has 1 amide bonds. The van der Waals surface area contributed by atoms with E-state index in [0.29, 0.717) is 38.8 Å². The Kier molecular flexibility index (Phi) is 5.98. The van der Waals surface area contributed by atoms with Crippen molar-refractivity contribution in [3.63, 3.8) is 0 Å². The van der Waals surface area contributed by atoms with Gasteiger partial charge in [-0.25, -0.2) is 8.78 Å². The normalized spacial score (nSPS) is 31.6. The number of rotatable bonds is 8. The minimum absolute atomic E-state index is 0.000510. The van der Waals surface area contributed by atoms with E-state index in [9.17, 15) is 9.18 Å². The second kappa shape index (κ2) is 9.24. The Morgan fingerprint density at radius 2 is 1.90 bits per heavy atom. The van der Waals surface area contributed by atoms with E-state index in [1.54, 1.807) is 0 Å². The number of halogens is 3. The Bertz CT molecular complexity index is 1450. The highest BCUT2D eigenvalue weighted by molar-refractivity contribution is 5.87. The fraction of sp³-hybridized carbons (Fsp3) is 0.516. The van der Waals surface area contributed by atoms with Crippen molar-refractivity contribution in [3.8, 4) is 5.75 Å². The van der Waals surface area contributed by atoms with E-state index >= 15 is 8.78 Å². The van der Waals surface area contributed by atoms with Gasteiger partial charge in [-0.15, -0.1) is 0 Å². The molecule has 3 N–H and O–H groups in total. The summed E-state index contributed by atoms with van der Waals surface area (Å²) in [5.41, 5.74) is 7.75. The first-order chi connectivity index (χ1) is 19.2. The van der Waals surface area contributed by atoms with Crippen LogP contribution < -0.4 is 10.5 Å². The van der Waals surface area contributed by atoms with Gasteiger partial charge in [0, 0.05) is 65.5 Å². The van der Waals surface area contributed by atoms with Crippen molar-refractivity contribution in [2.75, 3.05) is 26.3 Å². The zero-order chi connectivity index (χ0) is 27.8. The van der Waals surface area contributed by atoms with Crippen LogP contribution in [0.2, 0.25) is 0 Å². The molecule has 40 heavy (non-hydrogen) atoms. The summed E-state index contributed by atoms with van der Waals surface area (Å²) in [6.07, 6.45) is 3.62. The molecule has 2 bridgehead atoms. The minimum atomic E-state index is -0.672. The molecule has 2 aromatic carbocycles. The molecule has 3 saturated carbocycles. The smallest absolute Gasteiger partial charge is 0.223 e. The number of primary amides is 1.